The molecule has 0 aromatic heterocycles. The van der Waals surface area contributed by atoms with Crippen molar-refractivity contribution in [1.29, 1.82) is 5.26 Å². The van der Waals surface area contributed by atoms with Gasteiger partial charge in [0.1, 0.15) is 11.6 Å². The molecule has 0 spiro atoms. The zero-order chi connectivity index (χ0) is 13.8. The first-order chi connectivity index (χ1) is 9.10. The number of aromatic hydroxyl groups is 1. The zero-order valence-corrected chi connectivity index (χ0v) is 10.5. The largest absolute Gasteiger partial charge is 0.506 e. The van der Waals surface area contributed by atoms with Gasteiger partial charge in [-0.15, -0.1) is 0 Å². The topological polar surface area (TPSA) is 44.0 Å². The van der Waals surface area contributed by atoms with Crippen LogP contribution in [0.5, 0.6) is 5.75 Å². The number of phenols is 1. The van der Waals surface area contributed by atoms with Gasteiger partial charge in [0, 0.05) is 0 Å². The van der Waals surface area contributed by atoms with Gasteiger partial charge < -0.3 is 5.11 Å². The lowest BCUT2D eigenvalue weighted by Gasteiger charge is -2.01. The van der Waals surface area contributed by atoms with Crippen LogP contribution in [0.25, 0.3) is 11.6 Å². The summed E-state index contributed by atoms with van der Waals surface area (Å²) in [6.07, 6.45) is 1.62. The molecule has 2 aromatic rings. The predicted octanol–water partition coefficient (Wildman–Crippen LogP) is 4.25. The monoisotopic (exact) mass is 273 g/mol. The number of hydrogen-bond acceptors (Lipinski definition) is 2. The highest BCUT2D eigenvalue weighted by molar-refractivity contribution is 6.32. The molecule has 2 aromatic carbocycles. The van der Waals surface area contributed by atoms with E-state index in [0.717, 1.165) is 0 Å². The van der Waals surface area contributed by atoms with Crippen LogP contribution in [-0.4, -0.2) is 5.11 Å². The fourth-order valence-corrected chi connectivity index (χ4v) is 1.78. The third-order valence-corrected chi connectivity index (χ3v) is 2.86. The Labute approximate surface area is 115 Å². The van der Waals surface area contributed by atoms with E-state index < -0.39 is 0 Å². The highest BCUT2D eigenvalue weighted by Gasteiger charge is 2.03. The predicted molar refractivity (Wildman–Crippen MR) is 73.0 cm³/mol. The van der Waals surface area contributed by atoms with Crippen LogP contribution in [0.3, 0.4) is 0 Å². The molecule has 0 radical (unpaired) electrons. The van der Waals surface area contributed by atoms with E-state index in [1.54, 1.807) is 18.2 Å². The number of halogens is 2. The first-order valence-corrected chi connectivity index (χ1v) is 5.84. The minimum atomic E-state index is -0.353. The lowest BCUT2D eigenvalue weighted by molar-refractivity contribution is 0.475. The van der Waals surface area contributed by atoms with Gasteiger partial charge in [-0.2, -0.15) is 5.26 Å². The third kappa shape index (κ3) is 3.12. The van der Waals surface area contributed by atoms with Gasteiger partial charge in [-0.05, 0) is 41.5 Å². The van der Waals surface area contributed by atoms with Crippen molar-refractivity contribution in [3.8, 4) is 11.8 Å². The first kappa shape index (κ1) is 13.1. The van der Waals surface area contributed by atoms with E-state index in [1.165, 1.54) is 30.3 Å². The van der Waals surface area contributed by atoms with Gasteiger partial charge in [0.25, 0.3) is 0 Å². The molecule has 2 rings (SSSR count). The van der Waals surface area contributed by atoms with Crippen molar-refractivity contribution in [3.05, 3.63) is 64.4 Å². The molecule has 0 saturated heterocycles. The van der Waals surface area contributed by atoms with Gasteiger partial charge in [0.05, 0.1) is 16.7 Å². The van der Waals surface area contributed by atoms with Crippen LogP contribution in [0.2, 0.25) is 5.02 Å². The van der Waals surface area contributed by atoms with Crippen LogP contribution < -0.4 is 0 Å². The van der Waals surface area contributed by atoms with Crippen LogP contribution in [0.1, 0.15) is 11.1 Å². The van der Waals surface area contributed by atoms with Crippen LogP contribution in [-0.2, 0) is 0 Å². The van der Waals surface area contributed by atoms with Crippen LogP contribution in [0.4, 0.5) is 4.39 Å². The van der Waals surface area contributed by atoms with Crippen LogP contribution >= 0.6 is 11.6 Å². The minimum Gasteiger partial charge on any atom is -0.506 e. The lowest BCUT2D eigenvalue weighted by Crippen LogP contribution is -1.83. The van der Waals surface area contributed by atoms with Gasteiger partial charge in [-0.25, -0.2) is 4.39 Å². The molecule has 0 aliphatic carbocycles. The Bertz CT molecular complexity index is 672. The van der Waals surface area contributed by atoms with Crippen molar-refractivity contribution in [2.45, 2.75) is 0 Å². The van der Waals surface area contributed by atoms with Crippen molar-refractivity contribution in [2.75, 3.05) is 0 Å². The van der Waals surface area contributed by atoms with E-state index in [4.69, 9.17) is 16.9 Å². The Kier molecular flexibility index (Phi) is 3.84. The summed E-state index contributed by atoms with van der Waals surface area (Å²) >= 11 is 5.80. The van der Waals surface area contributed by atoms with E-state index in [9.17, 15) is 9.50 Å². The molecule has 4 heteroatoms. The number of hydrogen-bond donors (Lipinski definition) is 1. The Morgan fingerprint density at radius 2 is 1.89 bits per heavy atom. The van der Waals surface area contributed by atoms with Gasteiger partial charge in [-0.3, -0.25) is 0 Å². The molecule has 0 atom stereocenters. The summed E-state index contributed by atoms with van der Waals surface area (Å²) in [4.78, 5) is 0. The smallest absolute Gasteiger partial charge is 0.134 e. The van der Waals surface area contributed by atoms with Gasteiger partial charge >= 0.3 is 0 Å². The normalized spacial score (nSPS) is 11.1. The molecule has 2 nitrogen and oxygen atoms in total. The second kappa shape index (κ2) is 5.55. The van der Waals surface area contributed by atoms with E-state index in [-0.39, 0.29) is 16.6 Å². The molecule has 0 saturated carbocycles. The Morgan fingerprint density at radius 1 is 1.21 bits per heavy atom. The number of rotatable bonds is 2. The van der Waals surface area contributed by atoms with Crippen LogP contribution in [0.15, 0.2) is 42.5 Å². The van der Waals surface area contributed by atoms with Crippen molar-refractivity contribution >= 4 is 23.3 Å². The second-order valence-corrected chi connectivity index (χ2v) is 4.29. The molecule has 1 N–H and O–H groups in total. The summed E-state index contributed by atoms with van der Waals surface area (Å²) in [7, 11) is 0. The average molecular weight is 274 g/mol. The Morgan fingerprint density at radius 3 is 2.47 bits per heavy atom. The second-order valence-electron chi connectivity index (χ2n) is 3.89. The first-order valence-electron chi connectivity index (χ1n) is 5.46. The van der Waals surface area contributed by atoms with Gasteiger partial charge in [-0.1, -0.05) is 29.8 Å². The fraction of sp³-hybridized carbons (Fsp3) is 0. The molecular weight excluding hydrogens is 265 g/mol. The Hall–Kier alpha value is -2.31. The molecule has 0 fully saturated rings. The summed E-state index contributed by atoms with van der Waals surface area (Å²) < 4.78 is 12.8. The summed E-state index contributed by atoms with van der Waals surface area (Å²) in [5.41, 5.74) is 1.69. The molecule has 0 aliphatic heterocycles. The summed E-state index contributed by atoms with van der Waals surface area (Å²) in [5, 5.41) is 18.7. The van der Waals surface area contributed by atoms with Crippen LogP contribution in [0, 0.1) is 17.1 Å². The van der Waals surface area contributed by atoms with Gasteiger partial charge in [0.15, 0.2) is 0 Å². The highest BCUT2D eigenvalue weighted by Crippen LogP contribution is 2.26. The fourth-order valence-electron chi connectivity index (χ4n) is 1.59. The van der Waals surface area contributed by atoms with E-state index in [0.29, 0.717) is 16.7 Å². The van der Waals surface area contributed by atoms with Crippen molar-refractivity contribution in [3.63, 3.8) is 0 Å². The van der Waals surface area contributed by atoms with Crippen molar-refractivity contribution in [2.24, 2.45) is 0 Å². The lowest BCUT2D eigenvalue weighted by atomic mass is 10.0. The summed E-state index contributed by atoms with van der Waals surface area (Å²) in [6.45, 7) is 0. The molecule has 19 heavy (non-hydrogen) atoms. The van der Waals surface area contributed by atoms with Crippen molar-refractivity contribution in [1.82, 2.24) is 0 Å². The zero-order valence-electron chi connectivity index (χ0n) is 9.77. The molecule has 0 aliphatic rings. The Balaban J connectivity index is 2.41. The van der Waals surface area contributed by atoms with E-state index >= 15 is 0 Å². The number of phenolic OH excluding ortho intramolecular Hbond substituents is 1. The summed E-state index contributed by atoms with van der Waals surface area (Å²) in [5.74, 6) is -0.368. The number of benzene rings is 2. The maximum Gasteiger partial charge on any atom is 0.134 e. The average Bonchev–Trinajstić information content (AvgIpc) is 2.41. The molecule has 0 amide bonds. The maximum absolute atomic E-state index is 12.8. The number of nitrogens with zero attached hydrogens (tertiary/aromatic N) is 1. The maximum atomic E-state index is 12.8. The standard InChI is InChI=1S/C15H9ClFNO/c16-14-8-10(1-6-15(14)19)7-12(9-18)11-2-4-13(17)5-3-11/h1-8,19H/b12-7-. The number of nitriles is 1. The van der Waals surface area contributed by atoms with Gasteiger partial charge in [0.2, 0.25) is 0 Å². The van der Waals surface area contributed by atoms with E-state index in [2.05, 4.69) is 6.07 Å². The molecular formula is C15H9ClFNO. The SMILES string of the molecule is N#C/C(=C/c1ccc(O)c(Cl)c1)c1ccc(F)cc1. The van der Waals surface area contributed by atoms with Crippen molar-refractivity contribution < 1.29 is 9.50 Å². The highest BCUT2D eigenvalue weighted by atomic mass is 35.5. The number of allylic oxidation sites excluding steroid dienone is 1. The quantitative estimate of drug-likeness (QED) is 0.657. The molecule has 0 bridgehead atoms. The minimum absolute atomic E-state index is 0.0147. The third-order valence-electron chi connectivity index (χ3n) is 2.56. The molecule has 94 valence electrons. The molecule has 0 heterocycles. The van der Waals surface area contributed by atoms with E-state index in [1.807, 2.05) is 0 Å². The molecule has 0 unspecified atom stereocenters. The summed E-state index contributed by atoms with van der Waals surface area (Å²) in [6, 6.07) is 12.4.